The minimum absolute atomic E-state index is 0. The normalized spacial score (nSPS) is 11.4. The number of para-hydroxylation sites is 1. The first-order valence-corrected chi connectivity index (χ1v) is 13.9. The standard InChI is InChI=1S/C27H23Cl2N3O6S.Na/c1-3-15-12-17(14-21(29)26(15)39(35,36)37)31-32-23-18-9-6-5-8-16(18)13-19(24(23)33)27(34)30-22-11-7-10-20(28)25(22)38-4-2;/h5-14,33H,3-4H2,1-2H3,(H,30,34)(H,35,36,37);/q;+1/p-1. The van der Waals surface area contributed by atoms with E-state index in [1.54, 1.807) is 56.3 Å². The number of amides is 1. The minimum atomic E-state index is -4.56. The number of carbonyl (C=O) groups excluding carboxylic acids is 1. The molecule has 0 heterocycles. The zero-order chi connectivity index (χ0) is 28.3. The van der Waals surface area contributed by atoms with Crippen LogP contribution in [0.2, 0.25) is 10.0 Å². The SMILES string of the molecule is CCOc1c(Cl)cccc1NC(=O)c1cc2ccccc2c(N=Nc2cc(Cl)c(S(=O)(=O)O)c(CC)c2)c1[O-].[Na+]. The number of fused-ring (bicyclic) bond motifs is 1. The summed E-state index contributed by atoms with van der Waals surface area (Å²) >= 11 is 12.3. The van der Waals surface area contributed by atoms with Gasteiger partial charge in [-0.1, -0.05) is 66.2 Å². The third-order valence-corrected chi connectivity index (χ3v) is 7.44. The maximum absolute atomic E-state index is 13.5. The Hall–Kier alpha value is -2.70. The second kappa shape index (κ2) is 13.3. The molecule has 1 amide bonds. The third-order valence-electron chi connectivity index (χ3n) is 5.73. The van der Waals surface area contributed by atoms with Gasteiger partial charge in [0.05, 0.1) is 33.7 Å². The predicted molar refractivity (Wildman–Crippen MR) is 149 cm³/mol. The Bertz CT molecular complexity index is 1730. The Morgan fingerprint density at radius 3 is 2.42 bits per heavy atom. The van der Waals surface area contributed by atoms with Gasteiger partial charge in [-0.25, -0.2) is 0 Å². The number of rotatable bonds is 8. The summed E-state index contributed by atoms with van der Waals surface area (Å²) < 4.78 is 38.6. The van der Waals surface area contributed by atoms with Crippen molar-refractivity contribution in [2.45, 2.75) is 25.2 Å². The molecule has 0 saturated carbocycles. The molecule has 4 aromatic rings. The molecule has 40 heavy (non-hydrogen) atoms. The minimum Gasteiger partial charge on any atom is -0.870 e. The van der Waals surface area contributed by atoms with Crippen LogP contribution in [0.3, 0.4) is 0 Å². The van der Waals surface area contributed by atoms with E-state index in [0.717, 1.165) is 0 Å². The van der Waals surface area contributed by atoms with Crippen LogP contribution in [0, 0.1) is 0 Å². The van der Waals surface area contributed by atoms with Crippen LogP contribution in [-0.4, -0.2) is 25.5 Å². The fraction of sp³-hybridized carbons (Fsp3) is 0.148. The number of azo groups is 1. The maximum Gasteiger partial charge on any atom is 1.00 e. The average Bonchev–Trinajstić information content (AvgIpc) is 2.88. The first kappa shape index (κ1) is 31.8. The van der Waals surface area contributed by atoms with Crippen molar-refractivity contribution in [2.75, 3.05) is 11.9 Å². The number of halogens is 2. The average molecular weight is 610 g/mol. The van der Waals surface area contributed by atoms with Crippen molar-refractivity contribution in [2.24, 2.45) is 10.2 Å². The van der Waals surface area contributed by atoms with Crippen LogP contribution in [0.15, 0.2) is 75.8 Å². The summed E-state index contributed by atoms with van der Waals surface area (Å²) in [5.74, 6) is -1.09. The van der Waals surface area contributed by atoms with E-state index in [1.807, 2.05) is 0 Å². The molecule has 9 nitrogen and oxygen atoms in total. The molecule has 202 valence electrons. The van der Waals surface area contributed by atoms with Gasteiger partial charge in [0, 0.05) is 10.9 Å². The number of benzene rings is 4. The molecule has 0 radical (unpaired) electrons. The Balaban J connectivity index is 0.00000441. The van der Waals surface area contributed by atoms with Gasteiger partial charge < -0.3 is 15.2 Å². The van der Waals surface area contributed by atoms with E-state index >= 15 is 0 Å². The van der Waals surface area contributed by atoms with E-state index in [2.05, 4.69) is 15.5 Å². The van der Waals surface area contributed by atoms with Crippen molar-refractivity contribution < 1.29 is 57.2 Å². The Labute approximate surface area is 263 Å². The molecule has 4 aromatic carbocycles. The Morgan fingerprint density at radius 2 is 1.75 bits per heavy atom. The van der Waals surface area contributed by atoms with Crippen molar-refractivity contribution in [3.05, 3.63) is 81.8 Å². The zero-order valence-corrected chi connectivity index (χ0v) is 26.1. The van der Waals surface area contributed by atoms with Gasteiger partial charge in [0.2, 0.25) is 0 Å². The zero-order valence-electron chi connectivity index (χ0n) is 21.7. The van der Waals surface area contributed by atoms with Gasteiger partial charge in [-0.2, -0.15) is 18.6 Å². The van der Waals surface area contributed by atoms with Crippen molar-refractivity contribution in [1.29, 1.82) is 0 Å². The molecule has 0 unspecified atom stereocenters. The molecule has 0 aliphatic carbocycles. The van der Waals surface area contributed by atoms with Crippen LogP contribution in [-0.2, 0) is 16.5 Å². The quantitative estimate of drug-likeness (QED) is 0.175. The van der Waals surface area contributed by atoms with Gasteiger partial charge in [0.1, 0.15) is 4.90 Å². The number of carbonyl (C=O) groups is 1. The summed E-state index contributed by atoms with van der Waals surface area (Å²) in [6.45, 7) is 3.77. The van der Waals surface area contributed by atoms with E-state index < -0.39 is 26.7 Å². The second-order valence-corrected chi connectivity index (χ2v) is 10.4. The summed E-state index contributed by atoms with van der Waals surface area (Å²) in [5.41, 5.74) is 0.404. The molecule has 0 saturated heterocycles. The molecular formula is C27H22Cl2N3NaO6S. The summed E-state index contributed by atoms with van der Waals surface area (Å²) in [6, 6.07) is 15.8. The topological polar surface area (TPSA) is 140 Å². The molecule has 0 bridgehead atoms. The first-order valence-electron chi connectivity index (χ1n) is 11.7. The molecule has 13 heteroatoms. The van der Waals surface area contributed by atoms with Gasteiger partial charge >= 0.3 is 29.6 Å². The second-order valence-electron chi connectivity index (χ2n) is 8.27. The van der Waals surface area contributed by atoms with Crippen LogP contribution >= 0.6 is 23.2 Å². The number of nitrogens with zero attached hydrogens (tertiary/aromatic N) is 2. The molecule has 2 N–H and O–H groups in total. The predicted octanol–water partition coefficient (Wildman–Crippen LogP) is 4.10. The van der Waals surface area contributed by atoms with E-state index in [1.165, 1.54) is 18.2 Å². The number of hydrogen-bond acceptors (Lipinski definition) is 7. The molecule has 0 atom stereocenters. The van der Waals surface area contributed by atoms with Crippen LogP contribution in [0.25, 0.3) is 10.8 Å². The molecule has 4 rings (SSSR count). The van der Waals surface area contributed by atoms with E-state index in [-0.39, 0.29) is 69.3 Å². The van der Waals surface area contributed by atoms with E-state index in [9.17, 15) is 22.9 Å². The van der Waals surface area contributed by atoms with E-state index in [4.69, 9.17) is 27.9 Å². The molecule has 0 aliphatic rings. The molecule has 0 spiro atoms. The van der Waals surface area contributed by atoms with Crippen molar-refractivity contribution in [3.8, 4) is 11.5 Å². The summed E-state index contributed by atoms with van der Waals surface area (Å²) in [5, 5.41) is 25.5. The number of ether oxygens (including phenoxy) is 1. The number of hydrogen-bond donors (Lipinski definition) is 2. The Kier molecular flexibility index (Phi) is 10.6. The van der Waals surface area contributed by atoms with Gasteiger partial charge in [0.15, 0.2) is 5.75 Å². The van der Waals surface area contributed by atoms with Crippen molar-refractivity contribution >= 4 is 67.1 Å². The van der Waals surface area contributed by atoms with Gasteiger partial charge in [-0.15, -0.1) is 0 Å². The van der Waals surface area contributed by atoms with Gasteiger partial charge in [0.25, 0.3) is 16.0 Å². The van der Waals surface area contributed by atoms with E-state index in [0.29, 0.717) is 28.1 Å². The monoisotopic (exact) mass is 609 g/mol. The van der Waals surface area contributed by atoms with Gasteiger partial charge in [-0.05, 0) is 54.6 Å². The Morgan fingerprint density at radius 1 is 1.02 bits per heavy atom. The smallest absolute Gasteiger partial charge is 0.870 e. The third kappa shape index (κ3) is 6.77. The van der Waals surface area contributed by atoms with Crippen LogP contribution < -0.4 is 44.7 Å². The van der Waals surface area contributed by atoms with Crippen LogP contribution in [0.4, 0.5) is 17.1 Å². The number of aryl methyl sites for hydroxylation is 1. The van der Waals surface area contributed by atoms with Crippen molar-refractivity contribution in [3.63, 3.8) is 0 Å². The van der Waals surface area contributed by atoms with Gasteiger partial charge in [-0.3, -0.25) is 9.35 Å². The molecular weight excluding hydrogens is 588 g/mol. The summed E-state index contributed by atoms with van der Waals surface area (Å²) in [6.07, 6.45) is 0.233. The van der Waals surface area contributed by atoms with Crippen molar-refractivity contribution in [1.82, 2.24) is 0 Å². The van der Waals surface area contributed by atoms with Crippen LogP contribution in [0.1, 0.15) is 29.8 Å². The largest absolute Gasteiger partial charge is 1.00 e. The first-order chi connectivity index (χ1) is 18.5. The number of anilines is 1. The fourth-order valence-corrected chi connectivity index (χ4v) is 5.61. The fourth-order valence-electron chi connectivity index (χ4n) is 4.02. The summed E-state index contributed by atoms with van der Waals surface area (Å²) in [7, 11) is -4.56. The maximum atomic E-state index is 13.5. The number of nitrogens with one attached hydrogen (secondary N) is 1. The molecule has 0 aliphatic heterocycles. The molecule has 0 aromatic heterocycles. The molecule has 0 fully saturated rings. The van der Waals surface area contributed by atoms with Crippen LogP contribution in [0.5, 0.6) is 11.5 Å². The summed E-state index contributed by atoms with van der Waals surface area (Å²) in [4.78, 5) is 12.8.